The van der Waals surface area contributed by atoms with E-state index >= 15 is 0 Å². The minimum atomic E-state index is -1.84. The molecule has 0 aliphatic carbocycles. The molecule has 0 aromatic heterocycles. The Morgan fingerprint density at radius 2 is 1.45 bits per heavy atom. The van der Waals surface area contributed by atoms with Gasteiger partial charge in [-0.25, -0.2) is 4.79 Å². The molecule has 38 heavy (non-hydrogen) atoms. The van der Waals surface area contributed by atoms with Crippen LogP contribution in [0, 0.1) is 0 Å². The molecule has 1 aliphatic heterocycles. The predicted octanol–water partition coefficient (Wildman–Crippen LogP) is 2.12. The van der Waals surface area contributed by atoms with Crippen LogP contribution in [0.3, 0.4) is 0 Å². The van der Waals surface area contributed by atoms with E-state index in [-0.39, 0.29) is 12.4 Å². The fraction of sp³-hybridized carbons (Fsp3) is 0.276. The number of esters is 2. The molecule has 9 nitrogen and oxygen atoms in total. The molecule has 3 unspecified atom stereocenters. The van der Waals surface area contributed by atoms with E-state index < -0.39 is 48.6 Å². The molecule has 3 aromatic rings. The largest absolute Gasteiger partial charge is 0.459 e. The van der Waals surface area contributed by atoms with Gasteiger partial charge in [-0.2, -0.15) is 0 Å². The number of benzene rings is 3. The van der Waals surface area contributed by atoms with Gasteiger partial charge in [-0.15, -0.1) is 0 Å². The van der Waals surface area contributed by atoms with Gasteiger partial charge in [0.25, 0.3) is 0 Å². The summed E-state index contributed by atoms with van der Waals surface area (Å²) in [6.45, 7) is 1.44. The first kappa shape index (κ1) is 27.2. The zero-order chi connectivity index (χ0) is 27.2. The smallest absolute Gasteiger partial charge is 0.338 e. The third-order valence-electron chi connectivity index (χ3n) is 6.30. The maximum absolute atomic E-state index is 12.9. The number of hydrogen-bond acceptors (Lipinski definition) is 9. The highest BCUT2D eigenvalue weighted by atomic mass is 16.7. The number of carbonyl (C=O) groups is 3. The van der Waals surface area contributed by atoms with Crippen LogP contribution in [0.1, 0.15) is 39.9 Å². The van der Waals surface area contributed by atoms with Crippen LogP contribution >= 0.6 is 0 Å². The summed E-state index contributed by atoms with van der Waals surface area (Å²) < 4.78 is 15.8. The van der Waals surface area contributed by atoms with Crippen molar-refractivity contribution in [3.63, 3.8) is 0 Å². The Bertz CT molecular complexity index is 1260. The summed E-state index contributed by atoms with van der Waals surface area (Å²) in [5, 5.41) is 30.9. The minimum Gasteiger partial charge on any atom is -0.459 e. The third kappa shape index (κ3) is 6.15. The van der Waals surface area contributed by atoms with Crippen molar-refractivity contribution in [2.45, 2.75) is 50.2 Å². The molecule has 198 valence electrons. The van der Waals surface area contributed by atoms with Crippen molar-refractivity contribution in [1.82, 2.24) is 0 Å². The molecule has 0 saturated carbocycles. The van der Waals surface area contributed by atoms with E-state index in [9.17, 15) is 29.7 Å². The number of aliphatic hydroxyl groups is 3. The van der Waals surface area contributed by atoms with E-state index in [1.807, 2.05) is 0 Å². The van der Waals surface area contributed by atoms with Crippen LogP contribution in [0.25, 0.3) is 0 Å². The van der Waals surface area contributed by atoms with E-state index in [1.54, 1.807) is 91.9 Å². The van der Waals surface area contributed by atoms with Crippen molar-refractivity contribution >= 4 is 17.7 Å². The van der Waals surface area contributed by atoms with E-state index in [2.05, 4.69) is 0 Å². The minimum absolute atomic E-state index is 0.107. The molecule has 0 radical (unpaired) electrons. The first-order valence-electron chi connectivity index (χ1n) is 12.1. The van der Waals surface area contributed by atoms with Crippen LogP contribution in [-0.2, 0) is 30.4 Å². The van der Waals surface area contributed by atoms with Crippen LogP contribution < -0.4 is 0 Å². The topological polar surface area (TPSA) is 140 Å². The second kappa shape index (κ2) is 12.1. The summed E-state index contributed by atoms with van der Waals surface area (Å²) >= 11 is 0. The van der Waals surface area contributed by atoms with Gasteiger partial charge < -0.3 is 29.5 Å². The molecule has 3 aromatic carbocycles. The number of rotatable bonds is 8. The highest BCUT2D eigenvalue weighted by Crippen LogP contribution is 2.26. The quantitative estimate of drug-likeness (QED) is 0.301. The van der Waals surface area contributed by atoms with E-state index in [0.29, 0.717) is 22.3 Å². The zero-order valence-corrected chi connectivity index (χ0v) is 20.5. The Morgan fingerprint density at radius 1 is 0.816 bits per heavy atom. The van der Waals surface area contributed by atoms with Gasteiger partial charge >= 0.3 is 11.9 Å². The van der Waals surface area contributed by atoms with Crippen molar-refractivity contribution in [3.05, 3.63) is 107 Å². The summed E-state index contributed by atoms with van der Waals surface area (Å²) in [6, 6.07) is 24.0. The predicted molar refractivity (Wildman–Crippen MR) is 134 cm³/mol. The maximum atomic E-state index is 12.9. The fourth-order valence-electron chi connectivity index (χ4n) is 4.01. The molecule has 3 N–H and O–H groups in total. The summed E-state index contributed by atoms with van der Waals surface area (Å²) in [6.07, 6.45) is -8.90. The average molecular weight is 521 g/mol. The van der Waals surface area contributed by atoms with E-state index in [4.69, 9.17) is 14.2 Å². The molecule has 0 amide bonds. The van der Waals surface area contributed by atoms with Gasteiger partial charge in [0.15, 0.2) is 11.9 Å². The lowest BCUT2D eigenvalue weighted by atomic mass is 9.95. The molecule has 9 heteroatoms. The number of aliphatic hydroxyl groups excluding tert-OH is 3. The highest BCUT2D eigenvalue weighted by molar-refractivity contribution is 6.09. The van der Waals surface area contributed by atoms with Gasteiger partial charge in [-0.1, -0.05) is 78.9 Å². The second-order valence-corrected chi connectivity index (χ2v) is 8.97. The number of ketones is 1. The standard InChI is InChI=1S/C29H28O9/c1-17(20-13-8-14-21(15-20)22(30)19-11-6-3-7-12-19)27(34)38-29-25(33)23(31)24(32)26(37-29)28(35)36-16-18-9-4-2-5-10-18/h2-15,17,23-26,29,31-33H,16H2,1H3/t17?,23?,24-,25-,26?,29-/m0/s1. The van der Waals surface area contributed by atoms with Crippen molar-refractivity contribution < 1.29 is 43.9 Å². The normalized spacial score (nSPS) is 23.7. The third-order valence-corrected chi connectivity index (χ3v) is 6.30. The molecule has 1 aliphatic rings. The van der Waals surface area contributed by atoms with Gasteiger partial charge in [0.2, 0.25) is 6.29 Å². The van der Waals surface area contributed by atoms with Crippen LogP contribution in [0.4, 0.5) is 0 Å². The van der Waals surface area contributed by atoms with Gasteiger partial charge in [-0.3, -0.25) is 9.59 Å². The van der Waals surface area contributed by atoms with Crippen molar-refractivity contribution in [2.75, 3.05) is 0 Å². The van der Waals surface area contributed by atoms with Gasteiger partial charge in [0.1, 0.15) is 24.9 Å². The second-order valence-electron chi connectivity index (χ2n) is 8.97. The van der Waals surface area contributed by atoms with Crippen molar-refractivity contribution in [2.24, 2.45) is 0 Å². The molecule has 0 bridgehead atoms. The lowest BCUT2D eigenvalue weighted by Crippen LogP contribution is -2.61. The van der Waals surface area contributed by atoms with Crippen molar-refractivity contribution in [1.29, 1.82) is 0 Å². The molecule has 1 heterocycles. The Morgan fingerprint density at radius 3 is 2.13 bits per heavy atom. The summed E-state index contributed by atoms with van der Waals surface area (Å²) in [5.74, 6) is -2.93. The highest BCUT2D eigenvalue weighted by Gasteiger charge is 2.49. The number of hydrogen-bond donors (Lipinski definition) is 3. The zero-order valence-electron chi connectivity index (χ0n) is 20.5. The number of carbonyl (C=O) groups excluding carboxylic acids is 3. The lowest BCUT2D eigenvalue weighted by molar-refractivity contribution is -0.288. The van der Waals surface area contributed by atoms with E-state index in [1.165, 1.54) is 0 Å². The molecule has 4 rings (SSSR count). The SMILES string of the molecule is CC(C(=O)O[C@@H]1OC(C(=O)OCc2ccccc2)[C@@H](O)C(O)[C@@H]1O)c1cccc(C(=O)c2ccccc2)c1. The Balaban J connectivity index is 1.42. The summed E-state index contributed by atoms with van der Waals surface area (Å²) in [4.78, 5) is 38.3. The van der Waals surface area contributed by atoms with Crippen LogP contribution in [0.5, 0.6) is 0 Å². The molecule has 6 atom stereocenters. The van der Waals surface area contributed by atoms with Crippen molar-refractivity contribution in [3.8, 4) is 0 Å². The van der Waals surface area contributed by atoms with Gasteiger partial charge in [-0.05, 0) is 24.1 Å². The maximum Gasteiger partial charge on any atom is 0.338 e. The van der Waals surface area contributed by atoms with Crippen LogP contribution in [0.2, 0.25) is 0 Å². The van der Waals surface area contributed by atoms with E-state index in [0.717, 1.165) is 0 Å². The van der Waals surface area contributed by atoms with Gasteiger partial charge in [0, 0.05) is 11.1 Å². The van der Waals surface area contributed by atoms with Crippen LogP contribution in [-0.4, -0.2) is 63.7 Å². The number of ether oxygens (including phenoxy) is 3. The fourth-order valence-corrected chi connectivity index (χ4v) is 4.01. The molecular formula is C29H28O9. The van der Waals surface area contributed by atoms with Gasteiger partial charge in [0.05, 0.1) is 5.92 Å². The average Bonchev–Trinajstić information content (AvgIpc) is 2.96. The first-order valence-corrected chi connectivity index (χ1v) is 12.1. The molecular weight excluding hydrogens is 492 g/mol. The monoisotopic (exact) mass is 520 g/mol. The Hall–Kier alpha value is -3.89. The lowest BCUT2D eigenvalue weighted by Gasteiger charge is -2.38. The van der Waals surface area contributed by atoms with Crippen LogP contribution in [0.15, 0.2) is 84.9 Å². The summed E-state index contributed by atoms with van der Waals surface area (Å²) in [7, 11) is 0. The molecule has 1 saturated heterocycles. The molecule has 1 fully saturated rings. The molecule has 0 spiro atoms. The Labute approximate surface area is 219 Å². The first-order chi connectivity index (χ1) is 18.3. The Kier molecular flexibility index (Phi) is 8.65. The summed E-state index contributed by atoms with van der Waals surface area (Å²) in [5.41, 5.74) is 2.04.